The van der Waals surface area contributed by atoms with Gasteiger partial charge in [0.2, 0.25) is 5.91 Å². The summed E-state index contributed by atoms with van der Waals surface area (Å²) < 4.78 is 0. The van der Waals surface area contributed by atoms with Crippen LogP contribution >= 0.6 is 0 Å². The van der Waals surface area contributed by atoms with E-state index >= 15 is 0 Å². The molecule has 1 amide bonds. The van der Waals surface area contributed by atoms with Crippen LogP contribution in [0.15, 0.2) is 0 Å². The molecule has 4 unspecified atom stereocenters. The van der Waals surface area contributed by atoms with Gasteiger partial charge in [-0.2, -0.15) is 0 Å². The quantitative estimate of drug-likeness (QED) is 0.806. The van der Waals surface area contributed by atoms with Crippen molar-refractivity contribution in [3.05, 3.63) is 0 Å². The van der Waals surface area contributed by atoms with Gasteiger partial charge in [-0.3, -0.25) is 4.79 Å². The van der Waals surface area contributed by atoms with E-state index in [1.807, 2.05) is 20.8 Å². The SMILES string of the molecule is CC(NCC(=O)NC(C)(C)C)C1CC2CCC1C2. The van der Waals surface area contributed by atoms with Gasteiger partial charge in [0, 0.05) is 11.6 Å². The summed E-state index contributed by atoms with van der Waals surface area (Å²) in [6.45, 7) is 8.75. The highest BCUT2D eigenvalue weighted by Crippen LogP contribution is 2.49. The Labute approximate surface area is 111 Å². The third-order valence-electron chi connectivity index (χ3n) is 4.53. The molecule has 2 saturated carbocycles. The molecule has 0 aromatic rings. The lowest BCUT2D eigenvalue weighted by Gasteiger charge is -2.29. The van der Waals surface area contributed by atoms with E-state index in [9.17, 15) is 4.79 Å². The van der Waals surface area contributed by atoms with Gasteiger partial charge in [0.1, 0.15) is 0 Å². The lowest BCUT2D eigenvalue weighted by atomic mass is 9.84. The van der Waals surface area contributed by atoms with E-state index in [0.29, 0.717) is 12.6 Å². The maximum absolute atomic E-state index is 11.8. The summed E-state index contributed by atoms with van der Waals surface area (Å²) in [5.74, 6) is 2.81. The van der Waals surface area contributed by atoms with E-state index in [4.69, 9.17) is 0 Å². The van der Waals surface area contributed by atoms with E-state index in [1.165, 1.54) is 25.7 Å². The van der Waals surface area contributed by atoms with Crippen LogP contribution in [0, 0.1) is 17.8 Å². The van der Waals surface area contributed by atoms with E-state index in [-0.39, 0.29) is 11.4 Å². The first kappa shape index (κ1) is 13.9. The van der Waals surface area contributed by atoms with Crippen molar-refractivity contribution < 1.29 is 4.79 Å². The fourth-order valence-corrected chi connectivity index (χ4v) is 3.77. The van der Waals surface area contributed by atoms with E-state index in [1.54, 1.807) is 0 Å². The van der Waals surface area contributed by atoms with Crippen molar-refractivity contribution in [2.24, 2.45) is 17.8 Å². The van der Waals surface area contributed by atoms with Gasteiger partial charge in [-0.15, -0.1) is 0 Å². The van der Waals surface area contributed by atoms with Gasteiger partial charge < -0.3 is 10.6 Å². The van der Waals surface area contributed by atoms with Crippen molar-refractivity contribution in [3.63, 3.8) is 0 Å². The number of hydrogen-bond acceptors (Lipinski definition) is 2. The lowest BCUT2D eigenvalue weighted by molar-refractivity contribution is -0.121. The molecule has 0 heterocycles. The van der Waals surface area contributed by atoms with Gasteiger partial charge in [0.15, 0.2) is 0 Å². The molecular weight excluding hydrogens is 224 g/mol. The van der Waals surface area contributed by atoms with E-state index in [0.717, 1.165) is 17.8 Å². The van der Waals surface area contributed by atoms with Crippen molar-refractivity contribution in [2.75, 3.05) is 6.54 Å². The number of nitrogens with one attached hydrogen (secondary N) is 2. The number of amides is 1. The molecule has 0 saturated heterocycles. The average molecular weight is 252 g/mol. The van der Waals surface area contributed by atoms with Crippen LogP contribution in [0.25, 0.3) is 0 Å². The highest BCUT2D eigenvalue weighted by atomic mass is 16.2. The molecule has 2 fully saturated rings. The number of carbonyl (C=O) groups excluding carboxylic acids is 1. The predicted molar refractivity (Wildman–Crippen MR) is 74.3 cm³/mol. The minimum Gasteiger partial charge on any atom is -0.350 e. The predicted octanol–water partition coefficient (Wildman–Crippen LogP) is 2.32. The number of rotatable bonds is 4. The molecule has 0 aromatic heterocycles. The average Bonchev–Trinajstić information content (AvgIpc) is 2.84. The maximum Gasteiger partial charge on any atom is 0.234 e. The summed E-state index contributed by atoms with van der Waals surface area (Å²) in [5.41, 5.74) is -0.131. The van der Waals surface area contributed by atoms with Crippen molar-refractivity contribution in [1.82, 2.24) is 10.6 Å². The number of fused-ring (bicyclic) bond motifs is 2. The molecule has 0 aromatic carbocycles. The first-order chi connectivity index (χ1) is 8.35. The molecule has 18 heavy (non-hydrogen) atoms. The van der Waals surface area contributed by atoms with Crippen LogP contribution in [-0.2, 0) is 4.79 Å². The summed E-state index contributed by atoms with van der Waals surface area (Å²) in [4.78, 5) is 11.8. The fourth-order valence-electron chi connectivity index (χ4n) is 3.77. The molecule has 2 aliphatic carbocycles. The van der Waals surface area contributed by atoms with Gasteiger partial charge in [-0.25, -0.2) is 0 Å². The van der Waals surface area contributed by atoms with Crippen LogP contribution in [0.3, 0.4) is 0 Å². The van der Waals surface area contributed by atoms with Crippen LogP contribution in [-0.4, -0.2) is 24.0 Å². The second-order valence-corrected chi connectivity index (χ2v) is 7.31. The third kappa shape index (κ3) is 3.47. The Bertz CT molecular complexity index is 308. The minimum atomic E-state index is -0.131. The molecule has 0 spiro atoms. The van der Waals surface area contributed by atoms with Crippen molar-refractivity contribution >= 4 is 5.91 Å². The van der Waals surface area contributed by atoms with Crippen LogP contribution < -0.4 is 10.6 Å². The maximum atomic E-state index is 11.8. The Balaban J connectivity index is 1.72. The lowest BCUT2D eigenvalue weighted by Crippen LogP contribution is -2.47. The zero-order valence-electron chi connectivity index (χ0n) is 12.3. The Morgan fingerprint density at radius 2 is 2.00 bits per heavy atom. The second-order valence-electron chi connectivity index (χ2n) is 7.31. The molecule has 4 atom stereocenters. The van der Waals surface area contributed by atoms with Gasteiger partial charge in [-0.1, -0.05) is 6.42 Å². The van der Waals surface area contributed by atoms with E-state index < -0.39 is 0 Å². The van der Waals surface area contributed by atoms with Crippen LogP contribution in [0.4, 0.5) is 0 Å². The Morgan fingerprint density at radius 1 is 1.28 bits per heavy atom. The highest BCUT2D eigenvalue weighted by Gasteiger charge is 2.41. The summed E-state index contributed by atoms with van der Waals surface area (Å²) in [5, 5.41) is 6.42. The van der Waals surface area contributed by atoms with Crippen LogP contribution in [0.2, 0.25) is 0 Å². The molecule has 3 nitrogen and oxygen atoms in total. The standard InChI is InChI=1S/C15H28N2O/c1-10(13-8-11-5-6-12(13)7-11)16-9-14(18)17-15(2,3)4/h10-13,16H,5-9H2,1-4H3,(H,17,18). The third-order valence-corrected chi connectivity index (χ3v) is 4.53. The van der Waals surface area contributed by atoms with Crippen molar-refractivity contribution in [3.8, 4) is 0 Å². The van der Waals surface area contributed by atoms with Crippen LogP contribution in [0.1, 0.15) is 53.4 Å². The zero-order valence-corrected chi connectivity index (χ0v) is 12.3. The molecule has 2 N–H and O–H groups in total. The second kappa shape index (κ2) is 5.20. The molecule has 104 valence electrons. The Morgan fingerprint density at radius 3 is 2.50 bits per heavy atom. The molecule has 2 bridgehead atoms. The molecule has 0 radical (unpaired) electrons. The van der Waals surface area contributed by atoms with Gasteiger partial charge in [0.05, 0.1) is 6.54 Å². The van der Waals surface area contributed by atoms with Crippen molar-refractivity contribution in [2.45, 2.75) is 65.0 Å². The van der Waals surface area contributed by atoms with Gasteiger partial charge in [0.25, 0.3) is 0 Å². The normalized spacial score (nSPS) is 32.6. The van der Waals surface area contributed by atoms with Gasteiger partial charge >= 0.3 is 0 Å². The van der Waals surface area contributed by atoms with Crippen molar-refractivity contribution in [1.29, 1.82) is 0 Å². The molecular formula is C15H28N2O. The first-order valence-electron chi connectivity index (χ1n) is 7.39. The zero-order chi connectivity index (χ0) is 13.3. The van der Waals surface area contributed by atoms with Crippen LogP contribution in [0.5, 0.6) is 0 Å². The minimum absolute atomic E-state index is 0.109. The smallest absolute Gasteiger partial charge is 0.234 e. The Hall–Kier alpha value is -0.570. The van der Waals surface area contributed by atoms with E-state index in [2.05, 4.69) is 17.6 Å². The monoisotopic (exact) mass is 252 g/mol. The Kier molecular flexibility index (Phi) is 4.00. The summed E-state index contributed by atoms with van der Waals surface area (Å²) in [6, 6.07) is 0.478. The molecule has 0 aliphatic heterocycles. The number of hydrogen-bond donors (Lipinski definition) is 2. The fraction of sp³-hybridized carbons (Fsp3) is 0.933. The van der Waals surface area contributed by atoms with Gasteiger partial charge in [-0.05, 0) is 64.7 Å². The molecule has 2 aliphatic rings. The molecule has 2 rings (SSSR count). The largest absolute Gasteiger partial charge is 0.350 e. The highest BCUT2D eigenvalue weighted by molar-refractivity contribution is 5.78. The summed E-state index contributed by atoms with van der Waals surface area (Å²) in [6.07, 6.45) is 5.67. The summed E-state index contributed by atoms with van der Waals surface area (Å²) >= 11 is 0. The first-order valence-corrected chi connectivity index (χ1v) is 7.39. The topological polar surface area (TPSA) is 41.1 Å². The number of carbonyl (C=O) groups is 1. The molecule has 3 heteroatoms. The summed E-state index contributed by atoms with van der Waals surface area (Å²) in [7, 11) is 0.